The summed E-state index contributed by atoms with van der Waals surface area (Å²) >= 11 is 0. The Morgan fingerprint density at radius 3 is 2.71 bits per heavy atom. The number of nitrogens with one attached hydrogen (secondary N) is 1. The second-order valence-electron chi connectivity index (χ2n) is 4.47. The van der Waals surface area contributed by atoms with E-state index in [1.165, 1.54) is 0 Å². The quantitative estimate of drug-likeness (QED) is 0.790. The predicted molar refractivity (Wildman–Crippen MR) is 82.1 cm³/mol. The maximum atomic E-state index is 12.7. The third-order valence-electron chi connectivity index (χ3n) is 2.81. The van der Waals surface area contributed by atoms with Gasteiger partial charge in [0.2, 0.25) is 0 Å². The lowest BCUT2D eigenvalue weighted by Gasteiger charge is -2.20. The Labute approximate surface area is 124 Å². The molecule has 0 aliphatic heterocycles. The lowest BCUT2D eigenvalue weighted by Crippen LogP contribution is -2.17. The largest absolute Gasteiger partial charge is 0.459 e. The molecule has 0 fully saturated rings. The second-order valence-corrected chi connectivity index (χ2v) is 6.22. The third kappa shape index (κ3) is 4.67. The number of para-hydroxylation sites is 1. The van der Waals surface area contributed by atoms with Crippen molar-refractivity contribution in [2.75, 3.05) is 6.61 Å². The van der Waals surface area contributed by atoms with Crippen molar-refractivity contribution in [3.05, 3.63) is 59.9 Å². The minimum Gasteiger partial charge on any atom is -0.413 e. The minimum absolute atomic E-state index is 0.295. The number of pyridine rings is 1. The maximum absolute atomic E-state index is 12.7. The van der Waals surface area contributed by atoms with Gasteiger partial charge in [-0.25, -0.2) is 9.65 Å². The molecule has 0 aliphatic rings. The first kappa shape index (κ1) is 15.7. The average molecular weight is 306 g/mol. The van der Waals surface area contributed by atoms with Crippen molar-refractivity contribution in [2.45, 2.75) is 20.4 Å². The number of hydrogen-bond acceptors (Lipinski definition) is 4. The van der Waals surface area contributed by atoms with Gasteiger partial charge in [0.1, 0.15) is 5.75 Å². The fourth-order valence-corrected chi connectivity index (χ4v) is 3.14. The molecule has 1 heterocycles. The molecule has 2 rings (SSSR count). The number of nitrogens with zero attached hydrogens (tertiary/aromatic N) is 1. The molecule has 0 saturated carbocycles. The van der Waals surface area contributed by atoms with Gasteiger partial charge in [-0.1, -0.05) is 24.3 Å². The molecule has 2 aromatic rings. The molecule has 21 heavy (non-hydrogen) atoms. The van der Waals surface area contributed by atoms with Crippen LogP contribution in [0.25, 0.3) is 0 Å². The van der Waals surface area contributed by atoms with Gasteiger partial charge in [0.05, 0.1) is 6.61 Å². The zero-order valence-corrected chi connectivity index (χ0v) is 13.0. The summed E-state index contributed by atoms with van der Waals surface area (Å²) in [6.45, 7) is 4.33. The van der Waals surface area contributed by atoms with Crippen LogP contribution in [-0.4, -0.2) is 11.6 Å². The summed E-state index contributed by atoms with van der Waals surface area (Å²) < 4.78 is 23.6. The van der Waals surface area contributed by atoms with Crippen LogP contribution in [-0.2, 0) is 15.6 Å². The highest BCUT2D eigenvalue weighted by Crippen LogP contribution is 2.45. The topological polar surface area (TPSA) is 60.5 Å². The van der Waals surface area contributed by atoms with Crippen LogP contribution in [0, 0.1) is 6.92 Å². The molecule has 1 atom stereocenters. The molecule has 1 unspecified atom stereocenters. The highest BCUT2D eigenvalue weighted by atomic mass is 31.2. The van der Waals surface area contributed by atoms with Crippen LogP contribution in [0.5, 0.6) is 5.75 Å². The molecular weight excluding hydrogens is 287 g/mol. The molecule has 0 amide bonds. The number of aryl methyl sites for hydroxylation is 1. The van der Waals surface area contributed by atoms with Crippen molar-refractivity contribution in [3.63, 3.8) is 0 Å². The highest BCUT2D eigenvalue weighted by molar-refractivity contribution is 7.52. The molecule has 0 spiro atoms. The van der Waals surface area contributed by atoms with Crippen LogP contribution >= 0.6 is 7.75 Å². The molecule has 0 bridgehead atoms. The number of benzene rings is 1. The van der Waals surface area contributed by atoms with Crippen molar-refractivity contribution < 1.29 is 13.6 Å². The highest BCUT2D eigenvalue weighted by Gasteiger charge is 2.26. The molecule has 112 valence electrons. The average Bonchev–Trinajstić information content (AvgIpc) is 2.49. The number of aromatic nitrogens is 1. The van der Waals surface area contributed by atoms with Gasteiger partial charge in [-0.2, -0.15) is 0 Å². The molecule has 6 heteroatoms. The van der Waals surface area contributed by atoms with Gasteiger partial charge in [-0.3, -0.25) is 9.51 Å². The lowest BCUT2D eigenvalue weighted by molar-refractivity contribution is 0.268. The molecule has 1 N–H and O–H groups in total. The second kappa shape index (κ2) is 7.36. The SMILES string of the molecule is CCOP(=O)(NCc1cccnc1)Oc1ccccc1C. The Bertz CT molecular complexity index is 619. The van der Waals surface area contributed by atoms with E-state index in [1.807, 2.05) is 37.3 Å². The predicted octanol–water partition coefficient (Wildman–Crippen LogP) is 3.70. The van der Waals surface area contributed by atoms with Crippen molar-refractivity contribution in [3.8, 4) is 5.75 Å². The monoisotopic (exact) mass is 306 g/mol. The van der Waals surface area contributed by atoms with Crippen LogP contribution in [0.15, 0.2) is 48.8 Å². The van der Waals surface area contributed by atoms with Crippen LogP contribution < -0.4 is 9.61 Å². The Morgan fingerprint density at radius 2 is 2.05 bits per heavy atom. The van der Waals surface area contributed by atoms with Crippen LogP contribution in [0.3, 0.4) is 0 Å². The molecule has 0 saturated heterocycles. The van der Waals surface area contributed by atoms with Gasteiger partial charge >= 0.3 is 7.75 Å². The van der Waals surface area contributed by atoms with Gasteiger partial charge in [-0.15, -0.1) is 0 Å². The van der Waals surface area contributed by atoms with E-state index >= 15 is 0 Å². The zero-order chi connectivity index (χ0) is 15.1. The Kier molecular flexibility index (Phi) is 5.51. The van der Waals surface area contributed by atoms with Gasteiger partial charge in [-0.05, 0) is 37.1 Å². The number of hydrogen-bond donors (Lipinski definition) is 1. The zero-order valence-electron chi connectivity index (χ0n) is 12.2. The summed E-state index contributed by atoms with van der Waals surface area (Å²) in [5.41, 5.74) is 1.81. The summed E-state index contributed by atoms with van der Waals surface area (Å²) in [4.78, 5) is 4.02. The van der Waals surface area contributed by atoms with Gasteiger partial charge in [0.25, 0.3) is 0 Å². The van der Waals surface area contributed by atoms with Gasteiger partial charge < -0.3 is 4.52 Å². The standard InChI is InChI=1S/C15H19N2O3P/c1-3-19-21(18,17-12-14-8-6-10-16-11-14)20-15-9-5-4-7-13(15)2/h4-11H,3,12H2,1-2H3,(H,17,18). The summed E-state index contributed by atoms with van der Waals surface area (Å²) in [7, 11) is -3.41. The van der Waals surface area contributed by atoms with Gasteiger partial charge in [0.15, 0.2) is 0 Å². The minimum atomic E-state index is -3.41. The van der Waals surface area contributed by atoms with E-state index in [2.05, 4.69) is 10.1 Å². The first-order chi connectivity index (χ1) is 10.1. The van der Waals surface area contributed by atoms with Crippen molar-refractivity contribution >= 4 is 7.75 Å². The third-order valence-corrected chi connectivity index (χ3v) is 4.39. The van der Waals surface area contributed by atoms with Crippen LogP contribution in [0.1, 0.15) is 18.1 Å². The summed E-state index contributed by atoms with van der Waals surface area (Å²) in [5, 5.41) is 2.86. The smallest absolute Gasteiger partial charge is 0.413 e. The Morgan fingerprint density at radius 1 is 1.24 bits per heavy atom. The van der Waals surface area contributed by atoms with Crippen LogP contribution in [0.2, 0.25) is 0 Å². The van der Waals surface area contributed by atoms with E-state index in [-0.39, 0.29) is 0 Å². The van der Waals surface area contributed by atoms with Crippen molar-refractivity contribution in [1.29, 1.82) is 0 Å². The Hall–Kier alpha value is -1.68. The van der Waals surface area contributed by atoms with E-state index < -0.39 is 7.75 Å². The van der Waals surface area contributed by atoms with E-state index in [4.69, 9.17) is 9.05 Å². The summed E-state index contributed by atoms with van der Waals surface area (Å²) in [6, 6.07) is 11.1. The summed E-state index contributed by atoms with van der Waals surface area (Å²) in [5.74, 6) is 0.549. The maximum Gasteiger partial charge on any atom is 0.459 e. The molecule has 1 aromatic carbocycles. The van der Waals surface area contributed by atoms with Gasteiger partial charge in [0, 0.05) is 18.9 Å². The molecule has 0 aliphatic carbocycles. The van der Waals surface area contributed by atoms with E-state index in [1.54, 1.807) is 25.4 Å². The molecular formula is C15H19N2O3P. The first-order valence-corrected chi connectivity index (χ1v) is 8.31. The Balaban J connectivity index is 2.09. The van der Waals surface area contributed by atoms with Crippen LogP contribution in [0.4, 0.5) is 0 Å². The van der Waals surface area contributed by atoms with E-state index in [0.717, 1.165) is 11.1 Å². The van der Waals surface area contributed by atoms with E-state index in [0.29, 0.717) is 18.9 Å². The summed E-state index contributed by atoms with van der Waals surface area (Å²) in [6.07, 6.45) is 3.40. The molecule has 1 aromatic heterocycles. The molecule has 5 nitrogen and oxygen atoms in total. The number of rotatable bonds is 7. The van der Waals surface area contributed by atoms with E-state index in [9.17, 15) is 4.57 Å². The normalized spacial score (nSPS) is 13.6. The first-order valence-electron chi connectivity index (χ1n) is 6.77. The van der Waals surface area contributed by atoms with Crippen molar-refractivity contribution in [2.24, 2.45) is 0 Å². The molecule has 0 radical (unpaired) electrons. The fourth-order valence-electron chi connectivity index (χ4n) is 1.75. The van der Waals surface area contributed by atoms with Crippen molar-refractivity contribution in [1.82, 2.24) is 10.1 Å². The fraction of sp³-hybridized carbons (Fsp3) is 0.267. The lowest BCUT2D eigenvalue weighted by atomic mass is 10.2.